The van der Waals surface area contributed by atoms with Gasteiger partial charge in [-0.3, -0.25) is 4.79 Å². The molecule has 1 fully saturated rings. The second-order valence-electron chi connectivity index (χ2n) is 6.44. The second kappa shape index (κ2) is 6.54. The predicted octanol–water partition coefficient (Wildman–Crippen LogP) is 2.02. The molecule has 1 saturated heterocycles. The Morgan fingerprint density at radius 2 is 2.05 bits per heavy atom. The summed E-state index contributed by atoms with van der Waals surface area (Å²) in [6.07, 6.45) is 0. The van der Waals surface area contributed by atoms with Crippen molar-refractivity contribution < 1.29 is 13.9 Å². The Hall–Kier alpha value is -1.46. The molecule has 0 radical (unpaired) electrons. The van der Waals surface area contributed by atoms with Gasteiger partial charge in [0, 0.05) is 6.54 Å². The molecule has 0 aromatic heterocycles. The van der Waals surface area contributed by atoms with E-state index >= 15 is 0 Å². The van der Waals surface area contributed by atoms with Crippen LogP contribution in [0.2, 0.25) is 0 Å². The molecule has 2 unspecified atom stereocenters. The topological polar surface area (TPSA) is 50.4 Å². The number of carbonyl (C=O) groups is 1. The zero-order valence-corrected chi connectivity index (χ0v) is 12.8. The standard InChI is InChI=1S/C16H23FN2O2/c1-16(2,3)14(11-4-6-12(17)7-5-11)19-15(20)13-10-21-9-8-18-13/h4-7,13-14,18H,8-10H2,1-3H3,(H,19,20). The number of morpholine rings is 1. The van der Waals surface area contributed by atoms with Gasteiger partial charge in [0.05, 0.1) is 19.3 Å². The van der Waals surface area contributed by atoms with Gasteiger partial charge < -0.3 is 15.4 Å². The minimum absolute atomic E-state index is 0.0843. The number of hydrogen-bond donors (Lipinski definition) is 2. The van der Waals surface area contributed by atoms with E-state index in [9.17, 15) is 9.18 Å². The van der Waals surface area contributed by atoms with Crippen molar-refractivity contribution in [2.24, 2.45) is 5.41 Å². The number of carbonyl (C=O) groups excluding carboxylic acids is 1. The highest BCUT2D eigenvalue weighted by atomic mass is 19.1. The van der Waals surface area contributed by atoms with Crippen molar-refractivity contribution in [3.8, 4) is 0 Å². The van der Waals surface area contributed by atoms with Gasteiger partial charge in [-0.1, -0.05) is 32.9 Å². The third kappa shape index (κ3) is 4.25. The highest BCUT2D eigenvalue weighted by molar-refractivity contribution is 5.82. The average molecular weight is 294 g/mol. The normalized spacial score (nSPS) is 20.9. The molecule has 1 aromatic carbocycles. The Bertz CT molecular complexity index is 476. The van der Waals surface area contributed by atoms with Crippen molar-refractivity contribution in [3.63, 3.8) is 0 Å². The first kappa shape index (κ1) is 15.9. The number of halogens is 1. The summed E-state index contributed by atoms with van der Waals surface area (Å²) in [5.74, 6) is -0.362. The smallest absolute Gasteiger partial charge is 0.240 e. The van der Waals surface area contributed by atoms with Crippen molar-refractivity contribution >= 4 is 5.91 Å². The molecular weight excluding hydrogens is 271 g/mol. The average Bonchev–Trinajstić information content (AvgIpc) is 2.45. The SMILES string of the molecule is CC(C)(C)C(NC(=O)C1COCCN1)c1ccc(F)cc1. The fourth-order valence-electron chi connectivity index (χ4n) is 2.43. The maximum atomic E-state index is 13.1. The lowest BCUT2D eigenvalue weighted by Gasteiger charge is -2.34. The van der Waals surface area contributed by atoms with E-state index in [1.54, 1.807) is 12.1 Å². The van der Waals surface area contributed by atoms with Crippen molar-refractivity contribution in [3.05, 3.63) is 35.6 Å². The quantitative estimate of drug-likeness (QED) is 0.896. The van der Waals surface area contributed by atoms with Gasteiger partial charge in [-0.15, -0.1) is 0 Å². The summed E-state index contributed by atoms with van der Waals surface area (Å²) in [4.78, 5) is 12.4. The van der Waals surface area contributed by atoms with Gasteiger partial charge in [-0.25, -0.2) is 4.39 Å². The number of nitrogens with one attached hydrogen (secondary N) is 2. The minimum atomic E-state index is -0.330. The molecule has 1 aliphatic heterocycles. The van der Waals surface area contributed by atoms with Crippen LogP contribution >= 0.6 is 0 Å². The Morgan fingerprint density at radius 3 is 2.57 bits per heavy atom. The molecule has 1 heterocycles. The third-order valence-electron chi connectivity index (χ3n) is 3.59. The molecule has 2 rings (SSSR count). The molecule has 1 aliphatic rings. The first-order valence-corrected chi connectivity index (χ1v) is 7.25. The minimum Gasteiger partial charge on any atom is -0.378 e. The van der Waals surface area contributed by atoms with Crippen LogP contribution in [-0.2, 0) is 9.53 Å². The van der Waals surface area contributed by atoms with Gasteiger partial charge in [0.1, 0.15) is 11.9 Å². The van der Waals surface area contributed by atoms with E-state index in [-0.39, 0.29) is 29.2 Å². The maximum absolute atomic E-state index is 13.1. The van der Waals surface area contributed by atoms with Gasteiger partial charge in [0.25, 0.3) is 0 Å². The van der Waals surface area contributed by atoms with Crippen LogP contribution in [0.3, 0.4) is 0 Å². The molecule has 1 amide bonds. The summed E-state index contributed by atoms with van der Waals surface area (Å²) >= 11 is 0. The van der Waals surface area contributed by atoms with Crippen LogP contribution in [0, 0.1) is 11.2 Å². The number of benzene rings is 1. The molecule has 0 bridgehead atoms. The summed E-state index contributed by atoms with van der Waals surface area (Å²) in [6, 6.07) is 5.76. The Labute approximate surface area is 125 Å². The fourth-order valence-corrected chi connectivity index (χ4v) is 2.43. The zero-order valence-electron chi connectivity index (χ0n) is 12.8. The highest BCUT2D eigenvalue weighted by Crippen LogP contribution is 2.32. The molecule has 5 heteroatoms. The lowest BCUT2D eigenvalue weighted by molar-refractivity contribution is -0.127. The van der Waals surface area contributed by atoms with Crippen LogP contribution in [-0.4, -0.2) is 31.7 Å². The number of rotatable bonds is 3. The number of hydrogen-bond acceptors (Lipinski definition) is 3. The molecule has 1 aromatic rings. The van der Waals surface area contributed by atoms with Crippen LogP contribution in [0.5, 0.6) is 0 Å². The number of amides is 1. The van der Waals surface area contributed by atoms with Crippen LogP contribution in [0.25, 0.3) is 0 Å². The van der Waals surface area contributed by atoms with E-state index in [0.29, 0.717) is 19.8 Å². The first-order chi connectivity index (χ1) is 9.88. The molecule has 0 saturated carbocycles. The van der Waals surface area contributed by atoms with Crippen molar-refractivity contribution in [2.75, 3.05) is 19.8 Å². The molecule has 2 N–H and O–H groups in total. The van der Waals surface area contributed by atoms with E-state index in [1.165, 1.54) is 12.1 Å². The van der Waals surface area contributed by atoms with Crippen LogP contribution in [0.15, 0.2) is 24.3 Å². The van der Waals surface area contributed by atoms with E-state index in [0.717, 1.165) is 5.56 Å². The summed E-state index contributed by atoms with van der Waals surface area (Å²) in [5, 5.41) is 6.20. The zero-order chi connectivity index (χ0) is 15.5. The maximum Gasteiger partial charge on any atom is 0.240 e. The highest BCUT2D eigenvalue weighted by Gasteiger charge is 2.31. The van der Waals surface area contributed by atoms with E-state index < -0.39 is 0 Å². The molecule has 21 heavy (non-hydrogen) atoms. The summed E-state index contributed by atoms with van der Waals surface area (Å²) in [7, 11) is 0. The van der Waals surface area contributed by atoms with Gasteiger partial charge in [0.2, 0.25) is 5.91 Å². The largest absolute Gasteiger partial charge is 0.378 e. The predicted molar refractivity (Wildman–Crippen MR) is 79.3 cm³/mol. The van der Waals surface area contributed by atoms with Gasteiger partial charge in [0.15, 0.2) is 0 Å². The van der Waals surface area contributed by atoms with Gasteiger partial charge in [-0.05, 0) is 23.1 Å². The summed E-state index contributed by atoms with van der Waals surface area (Å²) < 4.78 is 18.4. The lowest BCUT2D eigenvalue weighted by atomic mass is 9.82. The Morgan fingerprint density at radius 1 is 1.38 bits per heavy atom. The fraction of sp³-hybridized carbons (Fsp3) is 0.562. The van der Waals surface area contributed by atoms with E-state index in [4.69, 9.17) is 4.74 Å². The Balaban J connectivity index is 2.13. The monoisotopic (exact) mass is 294 g/mol. The summed E-state index contributed by atoms with van der Waals surface area (Å²) in [6.45, 7) is 7.83. The molecule has 2 atom stereocenters. The van der Waals surface area contributed by atoms with E-state index in [1.807, 2.05) is 20.8 Å². The van der Waals surface area contributed by atoms with Crippen molar-refractivity contribution in [2.45, 2.75) is 32.9 Å². The van der Waals surface area contributed by atoms with Crippen molar-refractivity contribution in [1.82, 2.24) is 10.6 Å². The lowest BCUT2D eigenvalue weighted by Crippen LogP contribution is -2.53. The second-order valence-corrected chi connectivity index (χ2v) is 6.44. The van der Waals surface area contributed by atoms with Crippen LogP contribution in [0.1, 0.15) is 32.4 Å². The molecule has 0 spiro atoms. The molecular formula is C16H23FN2O2. The van der Waals surface area contributed by atoms with Crippen molar-refractivity contribution in [1.29, 1.82) is 0 Å². The van der Waals surface area contributed by atoms with Gasteiger partial charge in [-0.2, -0.15) is 0 Å². The van der Waals surface area contributed by atoms with Crippen LogP contribution < -0.4 is 10.6 Å². The molecule has 0 aliphatic carbocycles. The van der Waals surface area contributed by atoms with Gasteiger partial charge >= 0.3 is 0 Å². The first-order valence-electron chi connectivity index (χ1n) is 7.25. The molecule has 4 nitrogen and oxygen atoms in total. The summed E-state index contributed by atoms with van der Waals surface area (Å²) in [5.41, 5.74) is 0.720. The molecule has 116 valence electrons. The van der Waals surface area contributed by atoms with Crippen LogP contribution in [0.4, 0.5) is 4.39 Å². The Kier molecular flexibility index (Phi) is 4.96. The van der Waals surface area contributed by atoms with E-state index in [2.05, 4.69) is 10.6 Å². The number of ether oxygens (including phenoxy) is 1. The third-order valence-corrected chi connectivity index (χ3v) is 3.59.